The highest BCUT2D eigenvalue weighted by Gasteiger charge is 2.04. The summed E-state index contributed by atoms with van der Waals surface area (Å²) in [6.45, 7) is 4.04. The summed E-state index contributed by atoms with van der Waals surface area (Å²) < 4.78 is 5.80. The van der Waals surface area contributed by atoms with Gasteiger partial charge >= 0.3 is 0 Å². The van der Waals surface area contributed by atoms with Crippen LogP contribution in [0.2, 0.25) is 0 Å². The summed E-state index contributed by atoms with van der Waals surface area (Å²) in [5.41, 5.74) is 8.08. The number of aromatic nitrogens is 1. The molecule has 1 aromatic heterocycles. The third-order valence-corrected chi connectivity index (χ3v) is 3.13. The van der Waals surface area contributed by atoms with Crippen LogP contribution in [0.15, 0.2) is 42.6 Å². The van der Waals surface area contributed by atoms with Crippen LogP contribution in [-0.2, 0) is 6.42 Å². The molecular weight excluding hydrogens is 236 g/mol. The van der Waals surface area contributed by atoms with Crippen molar-refractivity contribution in [3.05, 3.63) is 53.9 Å². The van der Waals surface area contributed by atoms with Gasteiger partial charge in [-0.15, -0.1) is 0 Å². The molecule has 0 aliphatic heterocycles. The van der Waals surface area contributed by atoms with E-state index in [-0.39, 0.29) is 6.04 Å². The third kappa shape index (κ3) is 3.80. The van der Waals surface area contributed by atoms with Crippen LogP contribution < -0.4 is 10.5 Å². The van der Waals surface area contributed by atoms with Crippen LogP contribution in [0.1, 0.15) is 24.6 Å². The number of aryl methyl sites for hydroxylation is 1. The molecule has 1 atom stereocenters. The first-order chi connectivity index (χ1) is 9.19. The number of benzene rings is 1. The van der Waals surface area contributed by atoms with Crippen molar-refractivity contribution in [1.29, 1.82) is 0 Å². The maximum Gasteiger partial charge on any atom is 0.148 e. The number of nitrogens with zero attached hydrogens (tertiary/aromatic N) is 1. The van der Waals surface area contributed by atoms with Crippen LogP contribution in [0.25, 0.3) is 0 Å². The Morgan fingerprint density at radius 2 is 1.95 bits per heavy atom. The van der Waals surface area contributed by atoms with Crippen molar-refractivity contribution in [3.63, 3.8) is 0 Å². The molecule has 0 fully saturated rings. The molecule has 0 amide bonds. The number of rotatable bonds is 5. The quantitative estimate of drug-likeness (QED) is 0.891. The molecule has 0 saturated carbocycles. The Bertz CT molecular complexity index is 523. The fourth-order valence-corrected chi connectivity index (χ4v) is 1.84. The maximum absolute atomic E-state index is 5.95. The molecule has 0 spiro atoms. The van der Waals surface area contributed by atoms with Gasteiger partial charge in [0.2, 0.25) is 0 Å². The number of nitrogens with two attached hydrogens (primary N) is 1. The Hall–Kier alpha value is -1.87. The Morgan fingerprint density at radius 1 is 1.21 bits per heavy atom. The largest absolute Gasteiger partial charge is 0.455 e. The van der Waals surface area contributed by atoms with Crippen molar-refractivity contribution in [2.75, 3.05) is 0 Å². The fourth-order valence-electron chi connectivity index (χ4n) is 1.84. The Balaban J connectivity index is 2.05. The van der Waals surface area contributed by atoms with Gasteiger partial charge in [-0.3, -0.25) is 4.98 Å². The lowest BCUT2D eigenvalue weighted by molar-refractivity contribution is 0.475. The molecule has 0 bridgehead atoms. The van der Waals surface area contributed by atoms with Crippen molar-refractivity contribution in [2.24, 2.45) is 5.73 Å². The van der Waals surface area contributed by atoms with Gasteiger partial charge in [-0.2, -0.15) is 0 Å². The van der Waals surface area contributed by atoms with E-state index < -0.39 is 0 Å². The Kier molecular flexibility index (Phi) is 4.53. The van der Waals surface area contributed by atoms with Gasteiger partial charge in [0.05, 0.1) is 5.69 Å². The van der Waals surface area contributed by atoms with E-state index in [1.165, 1.54) is 5.56 Å². The van der Waals surface area contributed by atoms with Gasteiger partial charge in [-0.1, -0.05) is 19.1 Å². The second-order valence-electron chi connectivity index (χ2n) is 4.71. The van der Waals surface area contributed by atoms with E-state index in [4.69, 9.17) is 10.5 Å². The lowest BCUT2D eigenvalue weighted by Crippen LogP contribution is -2.21. The first-order valence-electron chi connectivity index (χ1n) is 6.63. The lowest BCUT2D eigenvalue weighted by atomic mass is 10.0. The summed E-state index contributed by atoms with van der Waals surface area (Å²) in [4.78, 5) is 4.20. The molecule has 100 valence electrons. The molecule has 0 aliphatic rings. The van der Waals surface area contributed by atoms with Gasteiger partial charge in [0, 0.05) is 12.2 Å². The van der Waals surface area contributed by atoms with Crippen LogP contribution in [0.3, 0.4) is 0 Å². The number of hydrogen-bond acceptors (Lipinski definition) is 3. The van der Waals surface area contributed by atoms with Crippen LogP contribution in [-0.4, -0.2) is 11.0 Å². The monoisotopic (exact) mass is 256 g/mol. The van der Waals surface area contributed by atoms with Crippen molar-refractivity contribution < 1.29 is 4.74 Å². The second kappa shape index (κ2) is 6.34. The van der Waals surface area contributed by atoms with E-state index >= 15 is 0 Å². The van der Waals surface area contributed by atoms with Gasteiger partial charge < -0.3 is 10.5 Å². The Morgan fingerprint density at radius 3 is 2.58 bits per heavy atom. The first kappa shape index (κ1) is 13.6. The molecular formula is C16H20N2O. The smallest absolute Gasteiger partial charge is 0.148 e. The molecule has 2 aromatic rings. The summed E-state index contributed by atoms with van der Waals surface area (Å²) in [6, 6.07) is 12.1. The molecule has 0 saturated heterocycles. The lowest BCUT2D eigenvalue weighted by Gasteiger charge is -2.10. The normalized spacial score (nSPS) is 12.2. The topological polar surface area (TPSA) is 48.1 Å². The minimum Gasteiger partial charge on any atom is -0.455 e. The molecule has 19 heavy (non-hydrogen) atoms. The van der Waals surface area contributed by atoms with Crippen molar-refractivity contribution in [1.82, 2.24) is 4.98 Å². The molecule has 3 heteroatoms. The SMILES string of the molecule is CCC(N)Cc1ccc(Oc2cccnc2C)cc1. The van der Waals surface area contributed by atoms with E-state index in [0.29, 0.717) is 0 Å². The third-order valence-electron chi connectivity index (χ3n) is 3.13. The summed E-state index contributed by atoms with van der Waals surface area (Å²) in [5.74, 6) is 1.62. The average Bonchev–Trinajstić information content (AvgIpc) is 2.43. The average molecular weight is 256 g/mol. The number of hydrogen-bond donors (Lipinski definition) is 1. The fraction of sp³-hybridized carbons (Fsp3) is 0.312. The molecule has 2 N–H and O–H groups in total. The second-order valence-corrected chi connectivity index (χ2v) is 4.71. The van der Waals surface area contributed by atoms with E-state index in [0.717, 1.165) is 30.0 Å². The molecule has 0 aliphatic carbocycles. The molecule has 1 aromatic carbocycles. The van der Waals surface area contributed by atoms with Gasteiger partial charge in [-0.25, -0.2) is 0 Å². The van der Waals surface area contributed by atoms with E-state index in [2.05, 4.69) is 24.0 Å². The molecule has 2 rings (SSSR count). The summed E-state index contributed by atoms with van der Waals surface area (Å²) in [6.07, 6.45) is 3.66. The van der Waals surface area contributed by atoms with Crippen molar-refractivity contribution in [2.45, 2.75) is 32.7 Å². The summed E-state index contributed by atoms with van der Waals surface area (Å²) in [7, 11) is 0. The van der Waals surface area contributed by atoms with Crippen molar-refractivity contribution >= 4 is 0 Å². The molecule has 1 heterocycles. The standard InChI is InChI=1S/C16H20N2O/c1-3-14(17)11-13-6-8-15(9-7-13)19-16-5-4-10-18-12(16)2/h4-10,14H,3,11,17H2,1-2H3. The number of pyridine rings is 1. The van der Waals surface area contributed by atoms with Crippen LogP contribution in [0.4, 0.5) is 0 Å². The van der Waals surface area contributed by atoms with Crippen LogP contribution >= 0.6 is 0 Å². The minimum absolute atomic E-state index is 0.229. The zero-order chi connectivity index (χ0) is 13.7. The van der Waals surface area contributed by atoms with E-state index in [1.807, 2.05) is 31.2 Å². The predicted octanol–water partition coefficient (Wildman–Crippen LogP) is 3.46. The predicted molar refractivity (Wildman–Crippen MR) is 77.5 cm³/mol. The maximum atomic E-state index is 5.95. The summed E-state index contributed by atoms with van der Waals surface area (Å²) >= 11 is 0. The first-order valence-corrected chi connectivity index (χ1v) is 6.63. The molecule has 3 nitrogen and oxygen atoms in total. The summed E-state index contributed by atoms with van der Waals surface area (Å²) in [5, 5.41) is 0. The van der Waals surface area contributed by atoms with E-state index in [1.54, 1.807) is 6.20 Å². The highest BCUT2D eigenvalue weighted by molar-refractivity contribution is 5.34. The van der Waals surface area contributed by atoms with Gasteiger partial charge in [0.15, 0.2) is 0 Å². The van der Waals surface area contributed by atoms with Gasteiger partial charge in [0.25, 0.3) is 0 Å². The van der Waals surface area contributed by atoms with E-state index in [9.17, 15) is 0 Å². The number of ether oxygens (including phenoxy) is 1. The molecule has 0 radical (unpaired) electrons. The van der Waals surface area contributed by atoms with Gasteiger partial charge in [-0.05, 0) is 49.6 Å². The van der Waals surface area contributed by atoms with Gasteiger partial charge in [0.1, 0.15) is 11.5 Å². The van der Waals surface area contributed by atoms with Crippen molar-refractivity contribution in [3.8, 4) is 11.5 Å². The highest BCUT2D eigenvalue weighted by Crippen LogP contribution is 2.23. The Labute approximate surface area is 114 Å². The van der Waals surface area contributed by atoms with Crippen LogP contribution in [0, 0.1) is 6.92 Å². The van der Waals surface area contributed by atoms with Crippen LogP contribution in [0.5, 0.6) is 11.5 Å². The highest BCUT2D eigenvalue weighted by atomic mass is 16.5. The molecule has 1 unspecified atom stereocenters. The minimum atomic E-state index is 0.229. The zero-order valence-corrected chi connectivity index (χ0v) is 11.5. The zero-order valence-electron chi connectivity index (χ0n) is 11.5.